The van der Waals surface area contributed by atoms with Crippen molar-refractivity contribution in [2.24, 2.45) is 0 Å². The first-order chi connectivity index (χ1) is 15.1. The van der Waals surface area contributed by atoms with Gasteiger partial charge in [-0.05, 0) is 58.5 Å². The minimum atomic E-state index is 0.0915. The molecule has 1 N–H and O–H groups in total. The molecule has 0 aliphatic carbocycles. The maximum atomic E-state index is 10.4. The van der Waals surface area contributed by atoms with Crippen LogP contribution in [0.2, 0.25) is 0 Å². The topological polar surface area (TPSA) is 57.2 Å². The van der Waals surface area contributed by atoms with E-state index >= 15 is 0 Å². The van der Waals surface area contributed by atoms with E-state index in [1.54, 1.807) is 33.5 Å². The van der Waals surface area contributed by atoms with Gasteiger partial charge in [-0.15, -0.1) is 0 Å². The van der Waals surface area contributed by atoms with Crippen LogP contribution >= 0.6 is 0 Å². The molecular formula is C26H28O5. The number of phenolic OH excluding ortho intramolecular Hbond substituents is 1. The lowest BCUT2D eigenvalue weighted by molar-refractivity contribution is 0.324. The molecule has 0 fully saturated rings. The van der Waals surface area contributed by atoms with Gasteiger partial charge >= 0.3 is 0 Å². The van der Waals surface area contributed by atoms with Crippen molar-refractivity contribution in [3.05, 3.63) is 77.4 Å². The van der Waals surface area contributed by atoms with Gasteiger partial charge in [-0.2, -0.15) is 0 Å². The number of rotatable bonds is 8. The summed E-state index contributed by atoms with van der Waals surface area (Å²) in [6, 6.07) is 19.5. The number of aromatic hydroxyl groups is 1. The molecule has 0 aromatic heterocycles. The predicted molar refractivity (Wildman–Crippen MR) is 123 cm³/mol. The molecule has 3 aromatic carbocycles. The molecule has 0 aliphatic heterocycles. The maximum Gasteiger partial charge on any atom is 0.203 e. The summed E-state index contributed by atoms with van der Waals surface area (Å²) in [7, 11) is 6.34. The molecule has 0 aliphatic rings. The molecule has 0 saturated carbocycles. The number of ether oxygens (including phenoxy) is 4. The summed E-state index contributed by atoms with van der Waals surface area (Å²) in [6.45, 7) is 2.10. The Labute approximate surface area is 183 Å². The third-order valence-corrected chi connectivity index (χ3v) is 5.20. The van der Waals surface area contributed by atoms with Crippen molar-refractivity contribution >= 4 is 11.1 Å². The van der Waals surface area contributed by atoms with Crippen LogP contribution in [0.25, 0.3) is 11.1 Å². The molecule has 0 amide bonds. The van der Waals surface area contributed by atoms with E-state index in [9.17, 15) is 5.11 Å². The van der Waals surface area contributed by atoms with Crippen molar-refractivity contribution in [2.75, 3.05) is 28.4 Å². The van der Waals surface area contributed by atoms with Crippen LogP contribution in [0.4, 0.5) is 0 Å². The van der Waals surface area contributed by atoms with Crippen LogP contribution in [-0.2, 0) is 0 Å². The number of allylic oxidation sites excluding steroid dienone is 1. The van der Waals surface area contributed by atoms with Crippen molar-refractivity contribution < 1.29 is 24.1 Å². The van der Waals surface area contributed by atoms with Crippen LogP contribution in [0.3, 0.4) is 0 Å². The fourth-order valence-corrected chi connectivity index (χ4v) is 3.75. The second-order valence-corrected chi connectivity index (χ2v) is 6.87. The molecule has 0 atom stereocenters. The maximum absolute atomic E-state index is 10.4. The Balaban J connectivity index is 2.34. The second kappa shape index (κ2) is 9.94. The smallest absolute Gasteiger partial charge is 0.203 e. The van der Waals surface area contributed by atoms with Crippen molar-refractivity contribution in [3.8, 4) is 28.7 Å². The Kier molecular flexibility index (Phi) is 7.08. The molecule has 3 rings (SSSR count). The van der Waals surface area contributed by atoms with Gasteiger partial charge in [0.1, 0.15) is 0 Å². The molecule has 0 heterocycles. The first kappa shape index (κ1) is 22.1. The highest BCUT2D eigenvalue weighted by Gasteiger charge is 2.19. The van der Waals surface area contributed by atoms with Gasteiger partial charge in [0.05, 0.1) is 28.4 Å². The molecule has 3 aromatic rings. The van der Waals surface area contributed by atoms with E-state index in [0.29, 0.717) is 23.0 Å². The second-order valence-electron chi connectivity index (χ2n) is 6.87. The zero-order valence-corrected chi connectivity index (χ0v) is 18.6. The van der Waals surface area contributed by atoms with Crippen LogP contribution in [0, 0.1) is 0 Å². The van der Waals surface area contributed by atoms with Crippen molar-refractivity contribution in [1.29, 1.82) is 0 Å². The fourth-order valence-electron chi connectivity index (χ4n) is 3.75. The number of benzene rings is 3. The summed E-state index contributed by atoms with van der Waals surface area (Å²) in [6.07, 6.45) is 0.746. The first-order valence-corrected chi connectivity index (χ1v) is 10.0. The predicted octanol–water partition coefficient (Wildman–Crippen LogP) is 5.80. The van der Waals surface area contributed by atoms with E-state index in [4.69, 9.17) is 18.9 Å². The number of hydrogen-bond acceptors (Lipinski definition) is 5. The van der Waals surface area contributed by atoms with E-state index in [-0.39, 0.29) is 5.75 Å². The molecule has 5 heteroatoms. The zero-order chi connectivity index (χ0) is 22.4. The Bertz CT molecular complexity index is 1050. The van der Waals surface area contributed by atoms with Crippen molar-refractivity contribution in [2.45, 2.75) is 13.3 Å². The highest BCUT2D eigenvalue weighted by Crippen LogP contribution is 2.43. The Morgan fingerprint density at radius 2 is 1.29 bits per heavy atom. The van der Waals surface area contributed by atoms with Gasteiger partial charge in [-0.25, -0.2) is 0 Å². The molecule has 0 spiro atoms. The summed E-state index contributed by atoms with van der Waals surface area (Å²) >= 11 is 0. The highest BCUT2D eigenvalue weighted by atomic mass is 16.5. The van der Waals surface area contributed by atoms with Crippen LogP contribution in [0.15, 0.2) is 60.7 Å². The fraction of sp³-hybridized carbons (Fsp3) is 0.231. The largest absolute Gasteiger partial charge is 0.504 e. The first-order valence-electron chi connectivity index (χ1n) is 10.0. The van der Waals surface area contributed by atoms with Gasteiger partial charge in [0.25, 0.3) is 0 Å². The van der Waals surface area contributed by atoms with Crippen molar-refractivity contribution in [1.82, 2.24) is 0 Å². The molecule has 0 bridgehead atoms. The lowest BCUT2D eigenvalue weighted by atomic mass is 9.88. The van der Waals surface area contributed by atoms with E-state index in [1.807, 2.05) is 36.4 Å². The molecular weight excluding hydrogens is 392 g/mol. The zero-order valence-electron chi connectivity index (χ0n) is 18.6. The summed E-state index contributed by atoms with van der Waals surface area (Å²) in [5.41, 5.74) is 4.96. The Hall–Kier alpha value is -3.60. The number of methoxy groups -OCH3 is 4. The minimum Gasteiger partial charge on any atom is -0.504 e. The van der Waals surface area contributed by atoms with E-state index in [1.165, 1.54) is 7.11 Å². The quantitative estimate of drug-likeness (QED) is 0.467. The standard InChI is InChI=1S/C26H28O5/c1-6-20(19-15-23(29-3)26(31-5)24(16-19)30-4)25(17-10-8-7-9-11-17)18-12-13-22(28-2)21(27)14-18/h7-16,27H,6H2,1-5H3/b25-20-. The average Bonchev–Trinajstić information content (AvgIpc) is 2.81. The summed E-state index contributed by atoms with van der Waals surface area (Å²) in [4.78, 5) is 0. The lowest BCUT2D eigenvalue weighted by Crippen LogP contribution is -1.99. The van der Waals surface area contributed by atoms with Gasteiger partial charge in [0, 0.05) is 0 Å². The van der Waals surface area contributed by atoms with Crippen molar-refractivity contribution in [3.63, 3.8) is 0 Å². The molecule has 0 radical (unpaired) electrons. The average molecular weight is 421 g/mol. The monoisotopic (exact) mass is 420 g/mol. The third-order valence-electron chi connectivity index (χ3n) is 5.20. The van der Waals surface area contributed by atoms with Crippen LogP contribution in [-0.4, -0.2) is 33.5 Å². The van der Waals surface area contributed by atoms with Gasteiger partial charge in [0.2, 0.25) is 5.75 Å². The minimum absolute atomic E-state index is 0.0915. The summed E-state index contributed by atoms with van der Waals surface area (Å²) in [5.74, 6) is 2.25. The van der Waals surface area contributed by atoms with E-state index < -0.39 is 0 Å². The van der Waals surface area contributed by atoms with Gasteiger partial charge in [-0.3, -0.25) is 0 Å². The lowest BCUT2D eigenvalue weighted by Gasteiger charge is -2.19. The molecule has 0 saturated heterocycles. The molecule has 5 nitrogen and oxygen atoms in total. The van der Waals surface area contributed by atoms with E-state index in [2.05, 4.69) is 19.1 Å². The van der Waals surface area contributed by atoms with Gasteiger partial charge in [-0.1, -0.05) is 43.3 Å². The number of hydrogen-bond donors (Lipinski definition) is 1. The van der Waals surface area contributed by atoms with Crippen LogP contribution in [0.5, 0.6) is 28.7 Å². The SMILES string of the molecule is CC/C(=C(\c1ccccc1)c1ccc(OC)c(O)c1)c1cc(OC)c(OC)c(OC)c1. The van der Waals surface area contributed by atoms with Gasteiger partial charge < -0.3 is 24.1 Å². The highest BCUT2D eigenvalue weighted by molar-refractivity contribution is 5.99. The Morgan fingerprint density at radius 3 is 1.77 bits per heavy atom. The number of phenols is 1. The summed E-state index contributed by atoms with van der Waals surface area (Å²) in [5, 5.41) is 10.4. The molecule has 31 heavy (non-hydrogen) atoms. The van der Waals surface area contributed by atoms with Crippen LogP contribution < -0.4 is 18.9 Å². The molecule has 0 unspecified atom stereocenters. The molecule has 162 valence electrons. The third kappa shape index (κ3) is 4.45. The van der Waals surface area contributed by atoms with Crippen LogP contribution in [0.1, 0.15) is 30.0 Å². The normalized spacial score (nSPS) is 11.5. The van der Waals surface area contributed by atoms with E-state index in [0.717, 1.165) is 34.3 Å². The Morgan fingerprint density at radius 1 is 0.677 bits per heavy atom. The van der Waals surface area contributed by atoms with Gasteiger partial charge in [0.15, 0.2) is 23.0 Å². The summed E-state index contributed by atoms with van der Waals surface area (Å²) < 4.78 is 21.9.